The van der Waals surface area contributed by atoms with Gasteiger partial charge in [0.2, 0.25) is 0 Å². The van der Waals surface area contributed by atoms with Gasteiger partial charge in [-0.2, -0.15) is 11.8 Å². The first-order chi connectivity index (χ1) is 6.84. The third-order valence-corrected chi connectivity index (χ3v) is 4.30. The van der Waals surface area contributed by atoms with Crippen molar-refractivity contribution < 1.29 is 0 Å². The monoisotopic (exact) mass is 212 g/mol. The normalized spacial score (nSPS) is 33.6. The van der Waals surface area contributed by atoms with Crippen LogP contribution in [0.25, 0.3) is 0 Å². The zero-order valence-corrected chi connectivity index (χ0v) is 9.78. The predicted octanol–water partition coefficient (Wildman–Crippen LogP) is 2.44. The molecular formula is C11H20N2S. The van der Waals surface area contributed by atoms with Crippen molar-refractivity contribution in [2.75, 3.05) is 12.3 Å². The summed E-state index contributed by atoms with van der Waals surface area (Å²) in [6.07, 6.45) is 6.44. The van der Waals surface area contributed by atoms with Gasteiger partial charge in [0.1, 0.15) is 0 Å². The van der Waals surface area contributed by atoms with Gasteiger partial charge in [-0.3, -0.25) is 4.99 Å². The first kappa shape index (κ1) is 10.3. The topological polar surface area (TPSA) is 24.4 Å². The van der Waals surface area contributed by atoms with Gasteiger partial charge in [0.05, 0.1) is 5.84 Å². The Morgan fingerprint density at radius 2 is 2.29 bits per heavy atom. The van der Waals surface area contributed by atoms with Crippen molar-refractivity contribution in [3.05, 3.63) is 0 Å². The summed E-state index contributed by atoms with van der Waals surface area (Å²) in [6.45, 7) is 3.36. The smallest absolute Gasteiger partial charge is 0.0965 e. The fourth-order valence-corrected chi connectivity index (χ4v) is 3.29. The minimum atomic E-state index is 0.687. The molecule has 2 atom stereocenters. The van der Waals surface area contributed by atoms with Crippen LogP contribution in [0.4, 0.5) is 0 Å². The van der Waals surface area contributed by atoms with Gasteiger partial charge in [-0.25, -0.2) is 0 Å². The maximum atomic E-state index is 4.61. The molecule has 0 radical (unpaired) electrons. The van der Waals surface area contributed by atoms with Crippen molar-refractivity contribution in [3.8, 4) is 0 Å². The minimum Gasteiger partial charge on any atom is -0.370 e. The Hall–Kier alpha value is -0.180. The average Bonchev–Trinajstić information content (AvgIpc) is 2.43. The number of aliphatic imine (C=N–C) groups is 1. The highest BCUT2D eigenvalue weighted by atomic mass is 32.2. The van der Waals surface area contributed by atoms with E-state index in [-0.39, 0.29) is 0 Å². The maximum absolute atomic E-state index is 4.61. The molecule has 2 aliphatic rings. The summed E-state index contributed by atoms with van der Waals surface area (Å²) in [6, 6.07) is 0.687. The Kier molecular flexibility index (Phi) is 3.74. The summed E-state index contributed by atoms with van der Waals surface area (Å²) in [4.78, 5) is 4.61. The SMILES string of the molecule is CC1CC(NC2=NCCCCC2)CS1. The first-order valence-corrected chi connectivity index (χ1v) is 6.81. The van der Waals surface area contributed by atoms with E-state index < -0.39 is 0 Å². The molecule has 3 heteroatoms. The lowest BCUT2D eigenvalue weighted by molar-refractivity contribution is 0.631. The van der Waals surface area contributed by atoms with E-state index in [0.717, 1.165) is 11.8 Å². The molecule has 1 fully saturated rings. The standard InChI is InChI=1S/C11H20N2S/c1-9-7-10(8-14-9)13-11-5-3-2-4-6-12-11/h9-10H,2-8H2,1H3,(H,12,13). The summed E-state index contributed by atoms with van der Waals surface area (Å²) in [5.41, 5.74) is 0. The highest BCUT2D eigenvalue weighted by molar-refractivity contribution is 8.00. The molecule has 0 bridgehead atoms. The largest absolute Gasteiger partial charge is 0.370 e. The third kappa shape index (κ3) is 2.91. The van der Waals surface area contributed by atoms with Crippen LogP contribution in [0.2, 0.25) is 0 Å². The van der Waals surface area contributed by atoms with Crippen LogP contribution in [0.3, 0.4) is 0 Å². The van der Waals surface area contributed by atoms with Crippen LogP contribution >= 0.6 is 11.8 Å². The van der Waals surface area contributed by atoms with E-state index in [0.29, 0.717) is 6.04 Å². The molecule has 1 saturated heterocycles. The van der Waals surface area contributed by atoms with Gasteiger partial charge in [0.25, 0.3) is 0 Å². The summed E-state index contributed by atoms with van der Waals surface area (Å²) in [5.74, 6) is 2.54. The maximum Gasteiger partial charge on any atom is 0.0965 e. The van der Waals surface area contributed by atoms with E-state index in [2.05, 4.69) is 29.0 Å². The molecule has 2 nitrogen and oxygen atoms in total. The second-order valence-electron chi connectivity index (χ2n) is 4.36. The number of nitrogens with zero attached hydrogens (tertiary/aromatic N) is 1. The molecule has 2 rings (SSSR count). The zero-order valence-electron chi connectivity index (χ0n) is 8.96. The van der Waals surface area contributed by atoms with E-state index in [4.69, 9.17) is 0 Å². The van der Waals surface area contributed by atoms with Crippen LogP contribution in [-0.4, -0.2) is 29.4 Å². The molecule has 1 N–H and O–H groups in total. The van der Waals surface area contributed by atoms with Crippen molar-refractivity contribution in [3.63, 3.8) is 0 Å². The van der Waals surface area contributed by atoms with Crippen molar-refractivity contribution in [1.29, 1.82) is 0 Å². The third-order valence-electron chi connectivity index (χ3n) is 2.94. The number of hydrogen-bond donors (Lipinski definition) is 1. The molecule has 80 valence electrons. The second-order valence-corrected chi connectivity index (χ2v) is 5.83. The highest BCUT2D eigenvalue weighted by Gasteiger charge is 2.22. The first-order valence-electron chi connectivity index (χ1n) is 5.76. The number of amidine groups is 1. The summed E-state index contributed by atoms with van der Waals surface area (Å²) >= 11 is 2.08. The molecule has 0 aromatic rings. The Balaban J connectivity index is 1.80. The highest BCUT2D eigenvalue weighted by Crippen LogP contribution is 2.26. The van der Waals surface area contributed by atoms with Gasteiger partial charge in [0.15, 0.2) is 0 Å². The van der Waals surface area contributed by atoms with Crippen LogP contribution in [0.1, 0.15) is 39.0 Å². The molecule has 2 aliphatic heterocycles. The quantitative estimate of drug-likeness (QED) is 0.722. The Morgan fingerprint density at radius 1 is 1.36 bits per heavy atom. The van der Waals surface area contributed by atoms with E-state index in [9.17, 15) is 0 Å². The van der Waals surface area contributed by atoms with Crippen LogP contribution in [0.15, 0.2) is 4.99 Å². The Morgan fingerprint density at radius 3 is 3.07 bits per heavy atom. The molecule has 0 aliphatic carbocycles. The number of rotatable bonds is 1. The number of hydrogen-bond acceptors (Lipinski definition) is 3. The number of nitrogens with one attached hydrogen (secondary N) is 1. The summed E-state index contributed by atoms with van der Waals surface area (Å²) in [7, 11) is 0. The van der Waals surface area contributed by atoms with Crippen LogP contribution in [-0.2, 0) is 0 Å². The van der Waals surface area contributed by atoms with Crippen LogP contribution in [0.5, 0.6) is 0 Å². The molecule has 0 spiro atoms. The molecule has 2 heterocycles. The molecule has 0 aromatic heterocycles. The van der Waals surface area contributed by atoms with Crippen molar-refractivity contribution in [2.24, 2.45) is 4.99 Å². The van der Waals surface area contributed by atoms with Crippen molar-refractivity contribution >= 4 is 17.6 Å². The van der Waals surface area contributed by atoms with Gasteiger partial charge < -0.3 is 5.32 Å². The molecule has 0 aromatic carbocycles. The Labute approximate surface area is 90.9 Å². The van der Waals surface area contributed by atoms with Gasteiger partial charge in [-0.05, 0) is 19.3 Å². The molecule has 0 amide bonds. The van der Waals surface area contributed by atoms with Crippen LogP contribution in [0, 0.1) is 0 Å². The van der Waals surface area contributed by atoms with E-state index in [1.807, 2.05) is 0 Å². The van der Waals surface area contributed by atoms with Gasteiger partial charge >= 0.3 is 0 Å². The fourth-order valence-electron chi connectivity index (χ4n) is 2.15. The van der Waals surface area contributed by atoms with E-state index in [1.165, 1.54) is 43.7 Å². The lowest BCUT2D eigenvalue weighted by Crippen LogP contribution is -2.34. The fraction of sp³-hybridized carbons (Fsp3) is 0.909. The zero-order chi connectivity index (χ0) is 9.80. The van der Waals surface area contributed by atoms with E-state index >= 15 is 0 Å². The molecule has 14 heavy (non-hydrogen) atoms. The Bertz CT molecular complexity index is 215. The average molecular weight is 212 g/mol. The van der Waals surface area contributed by atoms with Gasteiger partial charge in [-0.15, -0.1) is 0 Å². The minimum absolute atomic E-state index is 0.687. The summed E-state index contributed by atoms with van der Waals surface area (Å²) < 4.78 is 0. The lowest BCUT2D eigenvalue weighted by atomic mass is 10.1. The van der Waals surface area contributed by atoms with E-state index in [1.54, 1.807) is 0 Å². The second kappa shape index (κ2) is 5.06. The number of thioether (sulfide) groups is 1. The molecule has 2 unspecified atom stereocenters. The summed E-state index contributed by atoms with van der Waals surface area (Å²) in [5, 5.41) is 4.45. The van der Waals surface area contributed by atoms with Gasteiger partial charge in [0, 0.05) is 30.0 Å². The van der Waals surface area contributed by atoms with Crippen molar-refractivity contribution in [1.82, 2.24) is 5.32 Å². The van der Waals surface area contributed by atoms with Crippen molar-refractivity contribution in [2.45, 2.75) is 50.3 Å². The van der Waals surface area contributed by atoms with Crippen LogP contribution < -0.4 is 5.32 Å². The predicted molar refractivity (Wildman–Crippen MR) is 64.2 cm³/mol. The molecular weight excluding hydrogens is 192 g/mol. The van der Waals surface area contributed by atoms with Gasteiger partial charge in [-0.1, -0.05) is 13.3 Å². The molecule has 0 saturated carbocycles. The lowest BCUT2D eigenvalue weighted by Gasteiger charge is -2.14.